The van der Waals surface area contributed by atoms with E-state index in [0.717, 1.165) is 6.42 Å². The van der Waals surface area contributed by atoms with Crippen LogP contribution in [0.3, 0.4) is 0 Å². The van der Waals surface area contributed by atoms with Gasteiger partial charge in [0.15, 0.2) is 0 Å². The summed E-state index contributed by atoms with van der Waals surface area (Å²) in [6.45, 7) is 7.77. The van der Waals surface area contributed by atoms with E-state index in [4.69, 9.17) is 0 Å². The smallest absolute Gasteiger partial charge is 0.130 e. The summed E-state index contributed by atoms with van der Waals surface area (Å²) in [5.41, 5.74) is 0. The van der Waals surface area contributed by atoms with Crippen LogP contribution < -0.4 is 0 Å². The van der Waals surface area contributed by atoms with Gasteiger partial charge in [0.25, 0.3) is 0 Å². The third-order valence-corrected chi connectivity index (χ3v) is 1.49. The van der Waals surface area contributed by atoms with Crippen molar-refractivity contribution in [3.8, 4) is 0 Å². The molecule has 1 atom stereocenters. The van der Waals surface area contributed by atoms with Gasteiger partial charge in [-0.15, -0.1) is 0 Å². The van der Waals surface area contributed by atoms with Gasteiger partial charge < -0.3 is 6.92 Å². The first kappa shape index (κ1) is 13.4. The van der Waals surface area contributed by atoms with Gasteiger partial charge in [0.2, 0.25) is 0 Å². The molecule has 0 aromatic carbocycles. The summed E-state index contributed by atoms with van der Waals surface area (Å²) in [6, 6.07) is 0. The average Bonchev–Trinajstić information content (AvgIpc) is 1.87. The van der Waals surface area contributed by atoms with Crippen molar-refractivity contribution >= 4 is 5.78 Å². The molecule has 0 aromatic heterocycles. The molecule has 2 heteroatoms. The number of hydrogen-bond donors (Lipinski definition) is 0. The zero-order valence-corrected chi connectivity index (χ0v) is 9.73. The third-order valence-electron chi connectivity index (χ3n) is 1.49. The molecule has 0 aromatic rings. The fraction of sp³-hybridized carbons (Fsp3) is 0.750. The van der Waals surface area contributed by atoms with E-state index in [1.54, 1.807) is 0 Å². The summed E-state index contributed by atoms with van der Waals surface area (Å²) in [5.74, 6) is 0.661. The van der Waals surface area contributed by atoms with E-state index in [2.05, 4.69) is 13.8 Å². The first-order valence-corrected chi connectivity index (χ1v) is 3.55. The maximum Gasteiger partial charge on any atom is 0.130 e. The summed E-state index contributed by atoms with van der Waals surface area (Å²) in [4.78, 5) is 10.7. The molecular formula is C8H15OY-. The molecule has 0 aliphatic rings. The maximum atomic E-state index is 10.7. The monoisotopic (exact) mass is 216 g/mol. The summed E-state index contributed by atoms with van der Waals surface area (Å²) in [6.07, 6.45) is 2.32. The second-order valence-electron chi connectivity index (χ2n) is 2.37. The topological polar surface area (TPSA) is 17.1 Å². The molecule has 0 aliphatic heterocycles. The fourth-order valence-corrected chi connectivity index (χ4v) is 0.611. The Morgan fingerprint density at radius 3 is 2.30 bits per heavy atom. The first-order valence-electron chi connectivity index (χ1n) is 3.55. The second-order valence-corrected chi connectivity index (χ2v) is 2.37. The van der Waals surface area contributed by atoms with Gasteiger partial charge in [0, 0.05) is 39.1 Å². The van der Waals surface area contributed by atoms with Crippen LogP contribution in [0.15, 0.2) is 0 Å². The summed E-state index contributed by atoms with van der Waals surface area (Å²) in [5, 5.41) is 0. The van der Waals surface area contributed by atoms with Gasteiger partial charge in [0.05, 0.1) is 0 Å². The van der Waals surface area contributed by atoms with Crippen molar-refractivity contribution in [3.63, 3.8) is 0 Å². The van der Waals surface area contributed by atoms with Crippen molar-refractivity contribution in [1.82, 2.24) is 0 Å². The van der Waals surface area contributed by atoms with Crippen molar-refractivity contribution in [2.45, 2.75) is 33.1 Å². The van der Waals surface area contributed by atoms with Gasteiger partial charge in [-0.25, -0.2) is 0 Å². The second kappa shape index (κ2) is 7.88. The van der Waals surface area contributed by atoms with E-state index in [1.807, 2.05) is 6.92 Å². The van der Waals surface area contributed by atoms with E-state index in [-0.39, 0.29) is 32.7 Å². The van der Waals surface area contributed by atoms with Gasteiger partial charge >= 0.3 is 0 Å². The molecule has 10 heavy (non-hydrogen) atoms. The van der Waals surface area contributed by atoms with Crippen LogP contribution in [0, 0.1) is 12.8 Å². The van der Waals surface area contributed by atoms with Crippen molar-refractivity contribution in [2.24, 2.45) is 5.92 Å². The molecule has 0 aliphatic carbocycles. The maximum absolute atomic E-state index is 10.7. The number of Topliss-reactive ketones (excluding diaryl/α,β-unsaturated/α-hetero) is 1. The number of rotatable bonds is 4. The van der Waals surface area contributed by atoms with E-state index in [1.165, 1.54) is 0 Å². The van der Waals surface area contributed by atoms with Gasteiger partial charge in [-0.1, -0.05) is 20.3 Å². The van der Waals surface area contributed by atoms with Crippen LogP contribution in [0.4, 0.5) is 0 Å². The Morgan fingerprint density at radius 2 is 2.00 bits per heavy atom. The minimum atomic E-state index is 0. The molecule has 1 nitrogen and oxygen atoms in total. The Kier molecular flexibility index (Phi) is 10.5. The van der Waals surface area contributed by atoms with E-state index < -0.39 is 0 Å². The van der Waals surface area contributed by atoms with Gasteiger partial charge in [-0.05, 0) is 6.42 Å². The Balaban J connectivity index is 0. The number of ketones is 1. The molecule has 57 valence electrons. The van der Waals surface area contributed by atoms with Crippen molar-refractivity contribution in [3.05, 3.63) is 6.92 Å². The molecular weight excluding hydrogens is 201 g/mol. The predicted molar refractivity (Wildman–Crippen MR) is 39.1 cm³/mol. The summed E-state index contributed by atoms with van der Waals surface area (Å²) < 4.78 is 0. The Morgan fingerprint density at radius 1 is 1.50 bits per heavy atom. The van der Waals surface area contributed by atoms with Gasteiger partial charge in [-0.2, -0.15) is 5.92 Å². The van der Waals surface area contributed by atoms with E-state index in [0.29, 0.717) is 24.5 Å². The van der Waals surface area contributed by atoms with Gasteiger partial charge in [-0.3, -0.25) is 4.79 Å². The first-order chi connectivity index (χ1) is 4.20. The van der Waals surface area contributed by atoms with Crippen LogP contribution in [0.2, 0.25) is 0 Å². The Hall–Kier alpha value is 0.774. The van der Waals surface area contributed by atoms with E-state index >= 15 is 0 Å². The number of hydrogen-bond acceptors (Lipinski definition) is 1. The minimum Gasteiger partial charge on any atom is -0.340 e. The van der Waals surface area contributed by atoms with Crippen LogP contribution in [-0.2, 0) is 37.5 Å². The molecule has 0 heterocycles. The molecule has 0 N–H and O–H groups in total. The molecule has 0 amide bonds. The molecule has 0 bridgehead atoms. The zero-order chi connectivity index (χ0) is 7.28. The SMILES string of the molecule is [CH2-]C(CC)CC(=O)CC.[Y]. The number of carbonyl (C=O) groups excluding carboxylic acids is 1. The number of carbonyl (C=O) groups is 1. The molecule has 0 rings (SSSR count). The largest absolute Gasteiger partial charge is 0.340 e. The predicted octanol–water partition coefficient (Wildman–Crippen LogP) is 2.21. The van der Waals surface area contributed by atoms with Crippen LogP contribution in [0.25, 0.3) is 0 Å². The van der Waals surface area contributed by atoms with Crippen LogP contribution >= 0.6 is 0 Å². The summed E-state index contributed by atoms with van der Waals surface area (Å²) in [7, 11) is 0. The Bertz CT molecular complexity index is 91.3. The normalized spacial score (nSPS) is 11.9. The molecule has 1 radical (unpaired) electrons. The zero-order valence-electron chi connectivity index (χ0n) is 6.89. The minimum absolute atomic E-state index is 0. The molecule has 0 fully saturated rings. The third kappa shape index (κ3) is 6.89. The molecule has 0 spiro atoms. The van der Waals surface area contributed by atoms with Crippen molar-refractivity contribution < 1.29 is 37.5 Å². The van der Waals surface area contributed by atoms with Crippen LogP contribution in [0.5, 0.6) is 0 Å². The van der Waals surface area contributed by atoms with Crippen molar-refractivity contribution in [1.29, 1.82) is 0 Å². The average molecular weight is 216 g/mol. The molecule has 1 unspecified atom stereocenters. The van der Waals surface area contributed by atoms with Crippen molar-refractivity contribution in [2.75, 3.05) is 0 Å². The van der Waals surface area contributed by atoms with Gasteiger partial charge in [0.1, 0.15) is 5.78 Å². The fourth-order valence-electron chi connectivity index (χ4n) is 0.611. The summed E-state index contributed by atoms with van der Waals surface area (Å²) >= 11 is 0. The molecule has 0 saturated heterocycles. The molecule has 0 saturated carbocycles. The quantitative estimate of drug-likeness (QED) is 0.658. The van der Waals surface area contributed by atoms with Crippen LogP contribution in [-0.4, -0.2) is 5.78 Å². The Labute approximate surface area is 88.8 Å². The standard InChI is InChI=1S/C8H15O.Y/c1-4-7(3)6-8(9)5-2;/h7H,3-6H2,1-2H3;/q-1;. The van der Waals surface area contributed by atoms with E-state index in [9.17, 15) is 4.79 Å². The van der Waals surface area contributed by atoms with Crippen LogP contribution in [0.1, 0.15) is 33.1 Å².